The van der Waals surface area contributed by atoms with Gasteiger partial charge in [-0.25, -0.2) is 0 Å². The fourth-order valence-electron chi connectivity index (χ4n) is 3.23. The Morgan fingerprint density at radius 3 is 2.37 bits per heavy atom. The van der Waals surface area contributed by atoms with E-state index >= 15 is 0 Å². The summed E-state index contributed by atoms with van der Waals surface area (Å²) in [7, 11) is 2.03. The van der Waals surface area contributed by atoms with Gasteiger partial charge in [-0.3, -0.25) is 4.68 Å². The molecule has 1 aromatic heterocycles. The van der Waals surface area contributed by atoms with Crippen LogP contribution in [0.1, 0.15) is 42.6 Å². The number of aryl methyl sites for hydroxylation is 2. The monoisotopic (exact) mass is 262 g/mol. The second kappa shape index (κ2) is 5.25. The van der Waals surface area contributed by atoms with Gasteiger partial charge in [0.25, 0.3) is 0 Å². The Labute approximate surface area is 116 Å². The van der Waals surface area contributed by atoms with E-state index in [1.54, 1.807) is 0 Å². The van der Waals surface area contributed by atoms with Gasteiger partial charge in [0.15, 0.2) is 0 Å². The van der Waals surface area contributed by atoms with Gasteiger partial charge in [-0.05, 0) is 52.6 Å². The van der Waals surface area contributed by atoms with Gasteiger partial charge >= 0.3 is 0 Å². The van der Waals surface area contributed by atoms with Crippen LogP contribution in [0.2, 0.25) is 0 Å². The molecule has 3 rings (SSSR count). The number of aromatic nitrogens is 2. The van der Waals surface area contributed by atoms with E-state index in [1.807, 2.05) is 11.7 Å². The Morgan fingerprint density at radius 2 is 1.84 bits per heavy atom. The Hall–Kier alpha value is -0.870. The highest BCUT2D eigenvalue weighted by Gasteiger charge is 2.31. The van der Waals surface area contributed by atoms with Crippen molar-refractivity contribution < 1.29 is 0 Å². The molecule has 4 heteroatoms. The summed E-state index contributed by atoms with van der Waals surface area (Å²) in [5, 5.41) is 8.22. The Balaban J connectivity index is 1.50. The second-order valence-electron chi connectivity index (χ2n) is 6.20. The quantitative estimate of drug-likeness (QED) is 0.897. The van der Waals surface area contributed by atoms with E-state index in [0.29, 0.717) is 6.04 Å². The predicted octanol–water partition coefficient (Wildman–Crippen LogP) is 1.75. The van der Waals surface area contributed by atoms with Crippen LogP contribution in [0.5, 0.6) is 0 Å². The smallest absolute Gasteiger partial charge is 0.0641 e. The van der Waals surface area contributed by atoms with E-state index in [0.717, 1.165) is 12.6 Å². The molecule has 1 N–H and O–H groups in total. The first-order valence-corrected chi connectivity index (χ1v) is 7.61. The molecule has 0 atom stereocenters. The van der Waals surface area contributed by atoms with Gasteiger partial charge in [0, 0.05) is 36.9 Å². The number of hydrogen-bond acceptors (Lipinski definition) is 3. The van der Waals surface area contributed by atoms with Crippen LogP contribution in [-0.2, 0) is 13.6 Å². The van der Waals surface area contributed by atoms with Gasteiger partial charge < -0.3 is 10.2 Å². The summed E-state index contributed by atoms with van der Waals surface area (Å²) >= 11 is 0. The van der Waals surface area contributed by atoms with Crippen molar-refractivity contribution in [3.8, 4) is 0 Å². The fraction of sp³-hybridized carbons (Fsp3) is 0.800. The summed E-state index contributed by atoms with van der Waals surface area (Å²) in [6, 6.07) is 1.62. The average Bonchev–Trinajstić information content (AvgIpc) is 3.20. The van der Waals surface area contributed by atoms with E-state index in [9.17, 15) is 0 Å². The molecule has 1 saturated carbocycles. The molecule has 2 fully saturated rings. The molecule has 1 aliphatic heterocycles. The lowest BCUT2D eigenvalue weighted by Crippen LogP contribution is -2.43. The highest BCUT2D eigenvalue weighted by Crippen LogP contribution is 2.29. The van der Waals surface area contributed by atoms with Crippen LogP contribution in [0, 0.1) is 13.8 Å². The molecule has 4 nitrogen and oxygen atoms in total. The van der Waals surface area contributed by atoms with Gasteiger partial charge in [-0.15, -0.1) is 0 Å². The zero-order valence-corrected chi connectivity index (χ0v) is 12.4. The van der Waals surface area contributed by atoms with Gasteiger partial charge in [-0.2, -0.15) is 5.10 Å². The lowest BCUT2D eigenvalue weighted by atomic mass is 10.0. The molecular formula is C15H26N4. The molecular weight excluding hydrogens is 236 g/mol. The minimum absolute atomic E-state index is 0.689. The topological polar surface area (TPSA) is 33.1 Å². The first kappa shape index (κ1) is 13.1. The van der Waals surface area contributed by atoms with Crippen LogP contribution in [0.3, 0.4) is 0 Å². The van der Waals surface area contributed by atoms with E-state index in [1.165, 1.54) is 55.7 Å². The summed E-state index contributed by atoms with van der Waals surface area (Å²) in [6.07, 6.45) is 5.47. The van der Waals surface area contributed by atoms with E-state index in [-0.39, 0.29) is 0 Å². The molecule has 0 bridgehead atoms. The van der Waals surface area contributed by atoms with Gasteiger partial charge in [0.05, 0.1) is 5.69 Å². The number of piperidine rings is 1. The molecule has 1 aliphatic carbocycles. The van der Waals surface area contributed by atoms with Crippen molar-refractivity contribution in [1.82, 2.24) is 20.0 Å². The molecule has 106 valence electrons. The van der Waals surface area contributed by atoms with Crippen LogP contribution < -0.4 is 5.32 Å². The Bertz CT molecular complexity index is 439. The average molecular weight is 262 g/mol. The third-order valence-corrected chi connectivity index (χ3v) is 4.82. The molecule has 0 radical (unpaired) electrons. The van der Waals surface area contributed by atoms with Crippen LogP contribution in [0.15, 0.2) is 0 Å². The van der Waals surface area contributed by atoms with Crippen molar-refractivity contribution in [1.29, 1.82) is 0 Å². The molecule has 1 aromatic rings. The highest BCUT2D eigenvalue weighted by molar-refractivity contribution is 5.24. The van der Waals surface area contributed by atoms with Crippen molar-refractivity contribution in [3.05, 3.63) is 17.0 Å². The minimum Gasteiger partial charge on any atom is -0.310 e. The van der Waals surface area contributed by atoms with Crippen molar-refractivity contribution >= 4 is 0 Å². The molecule has 2 aliphatic rings. The number of hydrogen-bond donors (Lipinski definition) is 1. The Morgan fingerprint density at radius 1 is 1.16 bits per heavy atom. The molecule has 0 spiro atoms. The number of likely N-dealkylation sites (tertiary alicyclic amines) is 1. The normalized spacial score (nSPS) is 22.1. The molecule has 1 saturated heterocycles. The van der Waals surface area contributed by atoms with Gasteiger partial charge in [0.1, 0.15) is 0 Å². The van der Waals surface area contributed by atoms with Crippen molar-refractivity contribution in [2.75, 3.05) is 13.1 Å². The molecule has 2 heterocycles. The van der Waals surface area contributed by atoms with Crippen LogP contribution in [0.25, 0.3) is 0 Å². The third-order valence-electron chi connectivity index (χ3n) is 4.82. The summed E-state index contributed by atoms with van der Waals surface area (Å²) in [5.74, 6) is 0. The number of rotatable bonds is 4. The van der Waals surface area contributed by atoms with E-state index in [4.69, 9.17) is 0 Å². The van der Waals surface area contributed by atoms with Gasteiger partial charge in [0.2, 0.25) is 0 Å². The van der Waals surface area contributed by atoms with Crippen molar-refractivity contribution in [2.45, 2.75) is 58.2 Å². The van der Waals surface area contributed by atoms with Gasteiger partial charge in [-0.1, -0.05) is 0 Å². The fourth-order valence-corrected chi connectivity index (χ4v) is 3.23. The third kappa shape index (κ3) is 2.84. The SMILES string of the molecule is Cc1nn(C)c(C)c1CNC1CCN(C2CC2)CC1. The zero-order chi connectivity index (χ0) is 13.4. The minimum atomic E-state index is 0.689. The molecule has 19 heavy (non-hydrogen) atoms. The Kier molecular flexibility index (Phi) is 3.63. The molecule has 0 aromatic carbocycles. The van der Waals surface area contributed by atoms with E-state index in [2.05, 4.69) is 29.2 Å². The first-order chi connectivity index (χ1) is 9.15. The van der Waals surface area contributed by atoms with Crippen LogP contribution in [0.4, 0.5) is 0 Å². The van der Waals surface area contributed by atoms with Crippen LogP contribution in [-0.4, -0.2) is 39.9 Å². The zero-order valence-electron chi connectivity index (χ0n) is 12.4. The van der Waals surface area contributed by atoms with Crippen molar-refractivity contribution in [3.63, 3.8) is 0 Å². The molecule has 0 amide bonds. The maximum absolute atomic E-state index is 4.49. The summed E-state index contributed by atoms with van der Waals surface area (Å²) in [6.45, 7) is 7.81. The second-order valence-corrected chi connectivity index (χ2v) is 6.20. The maximum Gasteiger partial charge on any atom is 0.0641 e. The lowest BCUT2D eigenvalue weighted by Gasteiger charge is -2.32. The standard InChI is InChI=1S/C15H26N4/c1-11-15(12(2)18(3)17-11)10-16-13-6-8-19(9-7-13)14-4-5-14/h13-14,16H,4-10H2,1-3H3. The van der Waals surface area contributed by atoms with Crippen molar-refractivity contribution in [2.24, 2.45) is 7.05 Å². The number of nitrogens with one attached hydrogen (secondary N) is 1. The first-order valence-electron chi connectivity index (χ1n) is 7.61. The summed E-state index contributed by atoms with van der Waals surface area (Å²) in [5.41, 5.74) is 3.84. The largest absolute Gasteiger partial charge is 0.310 e. The van der Waals surface area contributed by atoms with E-state index < -0.39 is 0 Å². The summed E-state index contributed by atoms with van der Waals surface area (Å²) < 4.78 is 1.99. The highest BCUT2D eigenvalue weighted by atomic mass is 15.3. The maximum atomic E-state index is 4.49. The summed E-state index contributed by atoms with van der Waals surface area (Å²) in [4.78, 5) is 2.68. The van der Waals surface area contributed by atoms with Crippen LogP contribution >= 0.6 is 0 Å². The molecule has 0 unspecified atom stereocenters. The number of nitrogens with zero attached hydrogens (tertiary/aromatic N) is 3. The lowest BCUT2D eigenvalue weighted by molar-refractivity contribution is 0.189. The predicted molar refractivity (Wildman–Crippen MR) is 77.1 cm³/mol.